The lowest BCUT2D eigenvalue weighted by molar-refractivity contribution is -0.112. The zero-order chi connectivity index (χ0) is 12.0. The van der Waals surface area contributed by atoms with E-state index in [0.717, 1.165) is 0 Å². The van der Waals surface area contributed by atoms with Gasteiger partial charge in [-0.3, -0.25) is 4.79 Å². The predicted octanol–water partition coefficient (Wildman–Crippen LogP) is 2.18. The van der Waals surface area contributed by atoms with Gasteiger partial charge in [-0.15, -0.1) is 0 Å². The molecule has 0 aliphatic rings. The smallest absolute Gasteiger partial charge is 0.250 e. The number of amides is 1. The van der Waals surface area contributed by atoms with E-state index in [-0.39, 0.29) is 12.7 Å². The molecule has 0 radical (unpaired) electrons. The normalized spacial score (nSPS) is 9.62. The number of nitrogens with one attached hydrogen (secondary N) is 1. The number of benzene rings is 1. The first-order chi connectivity index (χ1) is 7.65. The molecule has 1 N–H and O–H groups in total. The number of methoxy groups -OCH3 is 1. The molecule has 1 aromatic carbocycles. The van der Waals surface area contributed by atoms with Gasteiger partial charge in [0.05, 0.1) is 5.69 Å². The number of ether oxygens (including phenoxy) is 2. The Morgan fingerprint density at radius 1 is 1.44 bits per heavy atom. The lowest BCUT2D eigenvalue weighted by Gasteiger charge is -2.11. The van der Waals surface area contributed by atoms with E-state index in [9.17, 15) is 4.79 Å². The van der Waals surface area contributed by atoms with Crippen LogP contribution in [-0.4, -0.2) is 19.8 Å². The molecule has 0 atom stereocenters. The van der Waals surface area contributed by atoms with E-state index in [4.69, 9.17) is 9.47 Å². The molecule has 0 aromatic heterocycles. The van der Waals surface area contributed by atoms with Gasteiger partial charge in [0.25, 0.3) is 5.91 Å². The zero-order valence-corrected chi connectivity index (χ0v) is 9.45. The van der Waals surface area contributed by atoms with Crippen molar-refractivity contribution in [3.05, 3.63) is 36.4 Å². The second-order valence-electron chi connectivity index (χ2n) is 3.28. The lowest BCUT2D eigenvalue weighted by atomic mass is 10.2. The number of hydrogen-bond donors (Lipinski definition) is 1. The Balaban J connectivity index is 2.78. The van der Waals surface area contributed by atoms with Crippen LogP contribution in [0.1, 0.15) is 6.92 Å². The van der Waals surface area contributed by atoms with Crippen molar-refractivity contribution >= 4 is 11.6 Å². The summed E-state index contributed by atoms with van der Waals surface area (Å²) in [5.41, 5.74) is 1.05. The summed E-state index contributed by atoms with van der Waals surface area (Å²) in [5, 5.41) is 2.70. The molecule has 0 bridgehead atoms. The molecule has 0 saturated heterocycles. The highest BCUT2D eigenvalue weighted by Gasteiger charge is 2.07. The summed E-state index contributed by atoms with van der Waals surface area (Å²) in [6.45, 7) is 5.35. The summed E-state index contributed by atoms with van der Waals surface area (Å²) < 4.78 is 10.1. The third-order valence-electron chi connectivity index (χ3n) is 1.86. The maximum Gasteiger partial charge on any atom is 0.250 e. The Kier molecular flexibility index (Phi) is 4.54. The fraction of sp³-hybridized carbons (Fsp3) is 0.250. The van der Waals surface area contributed by atoms with Crippen LogP contribution >= 0.6 is 0 Å². The van der Waals surface area contributed by atoms with Crippen molar-refractivity contribution < 1.29 is 14.3 Å². The van der Waals surface area contributed by atoms with Crippen molar-refractivity contribution in [2.75, 3.05) is 19.2 Å². The average molecular weight is 221 g/mol. The maximum absolute atomic E-state index is 11.4. The topological polar surface area (TPSA) is 47.6 Å². The lowest BCUT2D eigenvalue weighted by Crippen LogP contribution is -2.13. The number of anilines is 1. The minimum Gasteiger partial charge on any atom is -0.465 e. The number of para-hydroxylation sites is 2. The van der Waals surface area contributed by atoms with Crippen LogP contribution in [0.3, 0.4) is 0 Å². The fourth-order valence-electron chi connectivity index (χ4n) is 1.05. The second-order valence-corrected chi connectivity index (χ2v) is 3.28. The monoisotopic (exact) mass is 221 g/mol. The first-order valence-electron chi connectivity index (χ1n) is 4.82. The molecular formula is C12H15NO3. The Bertz CT molecular complexity index is 388. The SMILES string of the molecule is C=C(C)C(=O)Nc1ccccc1OCOC. The minimum absolute atomic E-state index is 0.139. The first kappa shape index (κ1) is 12.3. The van der Waals surface area contributed by atoms with Gasteiger partial charge in [-0.25, -0.2) is 0 Å². The second kappa shape index (κ2) is 5.92. The molecule has 0 aliphatic carbocycles. The minimum atomic E-state index is -0.228. The standard InChI is InChI=1S/C12H15NO3/c1-9(2)12(14)13-10-6-4-5-7-11(10)16-8-15-3/h4-7H,1,8H2,2-3H3,(H,13,14). The molecular weight excluding hydrogens is 206 g/mol. The summed E-state index contributed by atoms with van der Waals surface area (Å²) >= 11 is 0. The Hall–Kier alpha value is -1.81. The van der Waals surface area contributed by atoms with Gasteiger partial charge in [0, 0.05) is 12.7 Å². The van der Waals surface area contributed by atoms with E-state index >= 15 is 0 Å². The van der Waals surface area contributed by atoms with Gasteiger partial charge in [-0.2, -0.15) is 0 Å². The Labute approximate surface area is 94.9 Å². The molecule has 0 fully saturated rings. The van der Waals surface area contributed by atoms with E-state index in [1.165, 1.54) is 7.11 Å². The van der Waals surface area contributed by atoms with Crippen LogP contribution in [-0.2, 0) is 9.53 Å². The van der Waals surface area contributed by atoms with Gasteiger partial charge in [0.1, 0.15) is 5.75 Å². The van der Waals surface area contributed by atoms with Crippen LogP contribution in [0.4, 0.5) is 5.69 Å². The van der Waals surface area contributed by atoms with Gasteiger partial charge in [-0.05, 0) is 19.1 Å². The third-order valence-corrected chi connectivity index (χ3v) is 1.86. The highest BCUT2D eigenvalue weighted by atomic mass is 16.7. The highest BCUT2D eigenvalue weighted by molar-refractivity contribution is 6.03. The molecule has 16 heavy (non-hydrogen) atoms. The van der Waals surface area contributed by atoms with Crippen LogP contribution in [0.15, 0.2) is 36.4 Å². The zero-order valence-electron chi connectivity index (χ0n) is 9.45. The van der Waals surface area contributed by atoms with Crippen LogP contribution in [0, 0.1) is 0 Å². The summed E-state index contributed by atoms with van der Waals surface area (Å²) in [5.74, 6) is 0.340. The Morgan fingerprint density at radius 3 is 2.75 bits per heavy atom. The summed E-state index contributed by atoms with van der Waals surface area (Å²) in [7, 11) is 1.54. The summed E-state index contributed by atoms with van der Waals surface area (Å²) in [6.07, 6.45) is 0. The van der Waals surface area contributed by atoms with Crippen LogP contribution < -0.4 is 10.1 Å². The number of carbonyl (C=O) groups is 1. The molecule has 0 heterocycles. The number of rotatable bonds is 5. The van der Waals surface area contributed by atoms with Crippen LogP contribution in [0.5, 0.6) is 5.75 Å². The molecule has 4 heteroatoms. The number of carbonyl (C=O) groups excluding carboxylic acids is 1. The molecule has 86 valence electrons. The molecule has 1 amide bonds. The van der Waals surface area contributed by atoms with Crippen LogP contribution in [0.25, 0.3) is 0 Å². The van der Waals surface area contributed by atoms with E-state index in [0.29, 0.717) is 17.0 Å². The molecule has 1 rings (SSSR count). The molecule has 0 saturated carbocycles. The van der Waals surface area contributed by atoms with Crippen molar-refractivity contribution in [2.45, 2.75) is 6.92 Å². The summed E-state index contributed by atoms with van der Waals surface area (Å²) in [4.78, 5) is 11.4. The van der Waals surface area contributed by atoms with E-state index in [1.54, 1.807) is 19.1 Å². The van der Waals surface area contributed by atoms with Crippen molar-refractivity contribution in [3.8, 4) is 5.75 Å². The predicted molar refractivity (Wildman–Crippen MR) is 62.4 cm³/mol. The van der Waals surface area contributed by atoms with Gasteiger partial charge in [0.2, 0.25) is 0 Å². The molecule has 0 aliphatic heterocycles. The largest absolute Gasteiger partial charge is 0.465 e. The van der Waals surface area contributed by atoms with E-state index in [2.05, 4.69) is 11.9 Å². The highest BCUT2D eigenvalue weighted by Crippen LogP contribution is 2.23. The molecule has 0 unspecified atom stereocenters. The first-order valence-corrected chi connectivity index (χ1v) is 4.82. The summed E-state index contributed by atoms with van der Waals surface area (Å²) in [6, 6.07) is 7.15. The molecule has 0 spiro atoms. The van der Waals surface area contributed by atoms with Gasteiger partial charge in [0.15, 0.2) is 6.79 Å². The van der Waals surface area contributed by atoms with E-state index in [1.807, 2.05) is 12.1 Å². The quantitative estimate of drug-likeness (QED) is 0.612. The van der Waals surface area contributed by atoms with Gasteiger partial charge < -0.3 is 14.8 Å². The maximum atomic E-state index is 11.4. The van der Waals surface area contributed by atoms with Gasteiger partial charge >= 0.3 is 0 Å². The van der Waals surface area contributed by atoms with E-state index < -0.39 is 0 Å². The fourth-order valence-corrected chi connectivity index (χ4v) is 1.05. The third kappa shape index (κ3) is 3.40. The molecule has 4 nitrogen and oxygen atoms in total. The number of hydrogen-bond acceptors (Lipinski definition) is 3. The average Bonchev–Trinajstić information content (AvgIpc) is 2.27. The molecule has 1 aromatic rings. The van der Waals surface area contributed by atoms with Crippen LogP contribution in [0.2, 0.25) is 0 Å². The van der Waals surface area contributed by atoms with Crippen molar-refractivity contribution in [1.29, 1.82) is 0 Å². The Morgan fingerprint density at radius 2 is 2.12 bits per heavy atom. The van der Waals surface area contributed by atoms with Crippen molar-refractivity contribution in [3.63, 3.8) is 0 Å². The van der Waals surface area contributed by atoms with Gasteiger partial charge in [-0.1, -0.05) is 18.7 Å². The van der Waals surface area contributed by atoms with Crippen molar-refractivity contribution in [2.24, 2.45) is 0 Å². The van der Waals surface area contributed by atoms with Crippen molar-refractivity contribution in [1.82, 2.24) is 0 Å².